The Balaban J connectivity index is 1.25. The molecule has 172 valence electrons. The maximum atomic E-state index is 13.0. The average Bonchev–Trinajstić information content (AvgIpc) is 3.23. The smallest absolute Gasteiger partial charge is 0.254 e. The molecule has 8 nitrogen and oxygen atoms in total. The van der Waals surface area contributed by atoms with Crippen molar-refractivity contribution < 1.29 is 9.59 Å². The summed E-state index contributed by atoms with van der Waals surface area (Å²) < 4.78 is 1.77. The molecule has 0 spiro atoms. The van der Waals surface area contributed by atoms with Crippen molar-refractivity contribution in [3.63, 3.8) is 0 Å². The van der Waals surface area contributed by atoms with Crippen LogP contribution in [-0.2, 0) is 11.8 Å². The quantitative estimate of drug-likeness (QED) is 0.645. The molecule has 1 N–H and O–H groups in total. The van der Waals surface area contributed by atoms with Gasteiger partial charge in [0, 0.05) is 51.0 Å². The minimum atomic E-state index is -0.140. The standard InChI is InChI=1S/C23H32N6O2S/c1-27-17-24-26-23(27)32-16-21(30)25-20-9-5-8-19(14-20)22(31)29-12-10-28(11-13-29)15-18-6-3-2-4-7-18/h5,8-9,14,17-18H,2-4,6-7,10-13,15-16H2,1H3,(H,25,30). The predicted octanol–water partition coefficient (Wildman–Crippen LogP) is 2.88. The van der Waals surface area contributed by atoms with Crippen molar-refractivity contribution >= 4 is 29.3 Å². The van der Waals surface area contributed by atoms with Crippen molar-refractivity contribution in [1.29, 1.82) is 0 Å². The molecule has 0 radical (unpaired) electrons. The van der Waals surface area contributed by atoms with Gasteiger partial charge in [-0.25, -0.2) is 0 Å². The number of rotatable bonds is 7. The number of aryl methyl sites for hydroxylation is 1. The van der Waals surface area contributed by atoms with Gasteiger partial charge in [-0.2, -0.15) is 0 Å². The Bertz CT molecular complexity index is 919. The maximum absolute atomic E-state index is 13.0. The first-order valence-corrected chi connectivity index (χ1v) is 12.5. The minimum absolute atomic E-state index is 0.0341. The summed E-state index contributed by atoms with van der Waals surface area (Å²) in [6.07, 6.45) is 8.44. The van der Waals surface area contributed by atoms with Crippen LogP contribution in [0.1, 0.15) is 42.5 Å². The Morgan fingerprint density at radius 3 is 2.62 bits per heavy atom. The van der Waals surface area contributed by atoms with Gasteiger partial charge in [-0.15, -0.1) is 10.2 Å². The molecule has 2 heterocycles. The fourth-order valence-corrected chi connectivity index (χ4v) is 5.20. The molecule has 2 amide bonds. The van der Waals surface area contributed by atoms with Gasteiger partial charge < -0.3 is 14.8 Å². The van der Waals surface area contributed by atoms with Gasteiger partial charge in [0.1, 0.15) is 6.33 Å². The number of benzene rings is 1. The van der Waals surface area contributed by atoms with Gasteiger partial charge >= 0.3 is 0 Å². The van der Waals surface area contributed by atoms with E-state index in [9.17, 15) is 9.59 Å². The van der Waals surface area contributed by atoms with E-state index in [1.54, 1.807) is 17.0 Å². The lowest BCUT2D eigenvalue weighted by Crippen LogP contribution is -2.49. The lowest BCUT2D eigenvalue weighted by atomic mass is 9.89. The lowest BCUT2D eigenvalue weighted by molar-refractivity contribution is -0.113. The molecule has 2 fully saturated rings. The minimum Gasteiger partial charge on any atom is -0.336 e. The third-order valence-corrected chi connectivity index (χ3v) is 7.33. The zero-order valence-electron chi connectivity index (χ0n) is 18.7. The van der Waals surface area contributed by atoms with Crippen molar-refractivity contribution in [3.8, 4) is 0 Å². The van der Waals surface area contributed by atoms with Crippen LogP contribution >= 0.6 is 11.8 Å². The summed E-state index contributed by atoms with van der Waals surface area (Å²) in [4.78, 5) is 29.8. The van der Waals surface area contributed by atoms with E-state index in [-0.39, 0.29) is 17.6 Å². The Morgan fingerprint density at radius 2 is 1.91 bits per heavy atom. The van der Waals surface area contributed by atoms with Gasteiger partial charge in [-0.1, -0.05) is 37.1 Å². The number of nitrogens with zero attached hydrogens (tertiary/aromatic N) is 5. The Hall–Kier alpha value is -2.39. The van der Waals surface area contributed by atoms with E-state index in [2.05, 4.69) is 20.4 Å². The highest BCUT2D eigenvalue weighted by Gasteiger charge is 2.24. The fraction of sp³-hybridized carbons (Fsp3) is 0.565. The normalized spacial score (nSPS) is 18.0. The first-order valence-electron chi connectivity index (χ1n) is 11.5. The van der Waals surface area contributed by atoms with E-state index in [1.807, 2.05) is 30.1 Å². The molecule has 2 aliphatic rings. The van der Waals surface area contributed by atoms with Gasteiger partial charge in [-0.3, -0.25) is 14.5 Å². The zero-order valence-corrected chi connectivity index (χ0v) is 19.5. The highest BCUT2D eigenvalue weighted by molar-refractivity contribution is 7.99. The van der Waals surface area contributed by atoms with Crippen LogP contribution in [0.5, 0.6) is 0 Å². The van der Waals surface area contributed by atoms with Crippen molar-refractivity contribution in [2.24, 2.45) is 13.0 Å². The average molecular weight is 457 g/mol. The van der Waals surface area contributed by atoms with Gasteiger partial charge in [0.05, 0.1) is 5.75 Å². The van der Waals surface area contributed by atoms with Crippen molar-refractivity contribution in [2.75, 3.05) is 43.8 Å². The molecular formula is C23H32N6O2S. The van der Waals surface area contributed by atoms with E-state index >= 15 is 0 Å². The summed E-state index contributed by atoms with van der Waals surface area (Å²) in [5, 5.41) is 11.3. The van der Waals surface area contributed by atoms with Gasteiger partial charge in [0.25, 0.3) is 5.91 Å². The number of carbonyl (C=O) groups excluding carboxylic acids is 2. The second-order valence-corrected chi connectivity index (χ2v) is 9.68. The topological polar surface area (TPSA) is 83.4 Å². The molecule has 1 aromatic heterocycles. The second kappa shape index (κ2) is 11.0. The highest BCUT2D eigenvalue weighted by atomic mass is 32.2. The van der Waals surface area contributed by atoms with Gasteiger partial charge in [0.2, 0.25) is 5.91 Å². The zero-order chi connectivity index (χ0) is 22.3. The molecule has 1 saturated heterocycles. The largest absolute Gasteiger partial charge is 0.336 e. The second-order valence-electron chi connectivity index (χ2n) is 8.74. The molecule has 2 aromatic rings. The fourth-order valence-electron chi connectivity index (χ4n) is 4.51. The molecule has 0 bridgehead atoms. The van der Waals surface area contributed by atoms with E-state index in [0.29, 0.717) is 16.4 Å². The van der Waals surface area contributed by atoms with Crippen LogP contribution in [0.2, 0.25) is 0 Å². The van der Waals surface area contributed by atoms with Crippen molar-refractivity contribution in [1.82, 2.24) is 24.6 Å². The molecular weight excluding hydrogens is 424 g/mol. The summed E-state index contributed by atoms with van der Waals surface area (Å²) >= 11 is 1.32. The van der Waals surface area contributed by atoms with Crippen LogP contribution in [0.3, 0.4) is 0 Å². The van der Waals surface area contributed by atoms with E-state index in [1.165, 1.54) is 50.4 Å². The number of thioether (sulfide) groups is 1. The number of nitrogens with one attached hydrogen (secondary N) is 1. The molecule has 1 saturated carbocycles. The first kappa shape index (κ1) is 22.8. The van der Waals surface area contributed by atoms with Crippen LogP contribution in [0.4, 0.5) is 5.69 Å². The van der Waals surface area contributed by atoms with Crippen LogP contribution in [-0.4, -0.2) is 74.9 Å². The monoisotopic (exact) mass is 456 g/mol. The Morgan fingerprint density at radius 1 is 1.12 bits per heavy atom. The predicted molar refractivity (Wildman–Crippen MR) is 126 cm³/mol. The SMILES string of the molecule is Cn1cnnc1SCC(=O)Nc1cccc(C(=O)N2CCN(CC3CCCCC3)CC2)c1. The number of amides is 2. The first-order chi connectivity index (χ1) is 15.6. The summed E-state index contributed by atoms with van der Waals surface area (Å²) in [5.74, 6) is 0.956. The van der Waals surface area contributed by atoms with Crippen molar-refractivity contribution in [3.05, 3.63) is 36.2 Å². The molecule has 9 heteroatoms. The molecule has 1 aliphatic carbocycles. The van der Waals surface area contributed by atoms with Gasteiger partial charge in [0.15, 0.2) is 5.16 Å². The molecule has 4 rings (SSSR count). The molecule has 32 heavy (non-hydrogen) atoms. The van der Waals surface area contributed by atoms with Crippen LogP contribution in [0.15, 0.2) is 35.7 Å². The van der Waals surface area contributed by atoms with Gasteiger partial charge in [-0.05, 0) is 37.0 Å². The maximum Gasteiger partial charge on any atom is 0.254 e. The number of anilines is 1. The lowest BCUT2D eigenvalue weighted by Gasteiger charge is -2.37. The number of aromatic nitrogens is 3. The Labute approximate surface area is 193 Å². The number of hydrogen-bond donors (Lipinski definition) is 1. The Kier molecular flexibility index (Phi) is 7.81. The van der Waals surface area contributed by atoms with E-state index in [4.69, 9.17) is 0 Å². The number of hydrogen-bond acceptors (Lipinski definition) is 6. The summed E-state index contributed by atoms with van der Waals surface area (Å²) in [5.41, 5.74) is 1.25. The van der Waals surface area contributed by atoms with E-state index < -0.39 is 0 Å². The summed E-state index contributed by atoms with van der Waals surface area (Å²) in [7, 11) is 1.84. The number of piperazine rings is 1. The van der Waals surface area contributed by atoms with Crippen LogP contribution in [0.25, 0.3) is 0 Å². The molecule has 0 unspecified atom stereocenters. The van der Waals surface area contributed by atoms with Crippen molar-refractivity contribution in [2.45, 2.75) is 37.3 Å². The summed E-state index contributed by atoms with van der Waals surface area (Å²) in [6.45, 7) is 4.58. The molecule has 1 aromatic carbocycles. The molecule has 0 atom stereocenters. The number of carbonyl (C=O) groups is 2. The van der Waals surface area contributed by atoms with Crippen LogP contribution in [0, 0.1) is 5.92 Å². The third kappa shape index (κ3) is 6.10. The molecule has 1 aliphatic heterocycles. The van der Waals surface area contributed by atoms with Crippen LogP contribution < -0.4 is 5.32 Å². The summed E-state index contributed by atoms with van der Waals surface area (Å²) in [6, 6.07) is 7.21. The van der Waals surface area contributed by atoms with E-state index in [0.717, 1.165) is 32.1 Å². The highest BCUT2D eigenvalue weighted by Crippen LogP contribution is 2.25. The third-order valence-electron chi connectivity index (χ3n) is 6.30.